The fraction of sp³-hybridized carbons (Fsp3) is 0.188. The van der Waals surface area contributed by atoms with E-state index in [9.17, 15) is 9.90 Å². The zero-order chi connectivity index (χ0) is 14.7. The number of benzene rings is 2. The van der Waals surface area contributed by atoms with Gasteiger partial charge in [-0.25, -0.2) is 0 Å². The van der Waals surface area contributed by atoms with E-state index in [1.807, 2.05) is 31.2 Å². The first-order chi connectivity index (χ1) is 9.47. The van der Waals surface area contributed by atoms with Gasteiger partial charge in [-0.05, 0) is 36.6 Å². The molecule has 2 rings (SSSR count). The lowest BCUT2D eigenvalue weighted by Crippen LogP contribution is -2.14. The van der Waals surface area contributed by atoms with Crippen LogP contribution in [0.25, 0.3) is 0 Å². The van der Waals surface area contributed by atoms with Crippen molar-refractivity contribution >= 4 is 29.2 Å². The second-order valence-corrected chi connectivity index (χ2v) is 5.59. The average molecular weight is 309 g/mol. The maximum absolute atomic E-state index is 11.5. The molecular weight excluding hydrogens is 295 g/mol. The molecule has 2 aromatic carbocycles. The molecule has 1 unspecified atom stereocenters. The molecule has 4 heteroatoms. The zero-order valence-corrected chi connectivity index (χ0v) is 12.4. The number of hydrogen-bond acceptors (Lipinski definition) is 1. The van der Waals surface area contributed by atoms with Crippen LogP contribution in [0, 0.1) is 6.92 Å². The molecule has 2 aromatic rings. The lowest BCUT2D eigenvalue weighted by atomic mass is 9.91. The van der Waals surface area contributed by atoms with E-state index >= 15 is 0 Å². The van der Waals surface area contributed by atoms with Crippen molar-refractivity contribution in [2.45, 2.75) is 19.3 Å². The molecule has 0 amide bonds. The second kappa shape index (κ2) is 6.29. The van der Waals surface area contributed by atoms with Crippen molar-refractivity contribution < 1.29 is 9.90 Å². The summed E-state index contributed by atoms with van der Waals surface area (Å²) in [7, 11) is 0. The number of aryl methyl sites for hydroxylation is 1. The highest BCUT2D eigenvalue weighted by Crippen LogP contribution is 2.28. The summed E-state index contributed by atoms with van der Waals surface area (Å²) in [5.74, 6) is -1.48. The molecule has 104 valence electrons. The first-order valence-electron chi connectivity index (χ1n) is 6.20. The van der Waals surface area contributed by atoms with E-state index in [2.05, 4.69) is 0 Å². The van der Waals surface area contributed by atoms with Gasteiger partial charge < -0.3 is 5.11 Å². The third kappa shape index (κ3) is 3.53. The molecule has 0 radical (unpaired) electrons. The highest BCUT2D eigenvalue weighted by molar-refractivity contribution is 6.35. The summed E-state index contributed by atoms with van der Waals surface area (Å²) in [6.07, 6.45) is 0.342. The lowest BCUT2D eigenvalue weighted by Gasteiger charge is -2.14. The smallest absolute Gasteiger partial charge is 0.311 e. The van der Waals surface area contributed by atoms with E-state index in [4.69, 9.17) is 23.2 Å². The van der Waals surface area contributed by atoms with E-state index in [1.54, 1.807) is 18.2 Å². The van der Waals surface area contributed by atoms with Gasteiger partial charge in [0.15, 0.2) is 0 Å². The molecule has 0 spiro atoms. The van der Waals surface area contributed by atoms with Crippen LogP contribution >= 0.6 is 23.2 Å². The Hall–Kier alpha value is -1.51. The van der Waals surface area contributed by atoms with Crippen LogP contribution in [0.1, 0.15) is 22.6 Å². The molecule has 1 N–H and O–H groups in total. The van der Waals surface area contributed by atoms with E-state index in [0.717, 1.165) is 16.7 Å². The van der Waals surface area contributed by atoms with Crippen molar-refractivity contribution in [3.63, 3.8) is 0 Å². The summed E-state index contributed by atoms with van der Waals surface area (Å²) in [5.41, 5.74) is 2.60. The van der Waals surface area contributed by atoms with Gasteiger partial charge in [-0.15, -0.1) is 0 Å². The van der Waals surface area contributed by atoms with Gasteiger partial charge >= 0.3 is 5.97 Å². The van der Waals surface area contributed by atoms with Crippen LogP contribution in [0.15, 0.2) is 42.5 Å². The number of carboxylic acid groups (broad SMARTS) is 1. The third-order valence-electron chi connectivity index (χ3n) is 3.18. The minimum Gasteiger partial charge on any atom is -0.481 e. The summed E-state index contributed by atoms with van der Waals surface area (Å²) in [6.45, 7) is 1.94. The fourth-order valence-electron chi connectivity index (χ4n) is 2.14. The Morgan fingerprint density at radius 1 is 1.20 bits per heavy atom. The van der Waals surface area contributed by atoms with Crippen molar-refractivity contribution in [3.05, 3.63) is 69.2 Å². The first kappa shape index (κ1) is 14.9. The van der Waals surface area contributed by atoms with Crippen molar-refractivity contribution in [2.75, 3.05) is 0 Å². The SMILES string of the molecule is Cc1cccc(C(Cc2ccc(Cl)cc2Cl)C(=O)O)c1. The maximum atomic E-state index is 11.5. The fourth-order valence-corrected chi connectivity index (χ4v) is 2.63. The molecule has 0 aliphatic carbocycles. The van der Waals surface area contributed by atoms with Crippen LogP contribution < -0.4 is 0 Å². The van der Waals surface area contributed by atoms with Crippen molar-refractivity contribution in [3.8, 4) is 0 Å². The molecule has 0 aliphatic rings. The Bertz CT molecular complexity index is 638. The Morgan fingerprint density at radius 2 is 1.95 bits per heavy atom. The number of rotatable bonds is 4. The van der Waals surface area contributed by atoms with Gasteiger partial charge in [-0.2, -0.15) is 0 Å². The topological polar surface area (TPSA) is 37.3 Å². The van der Waals surface area contributed by atoms with Crippen LogP contribution in [0.2, 0.25) is 10.0 Å². The van der Waals surface area contributed by atoms with Crippen LogP contribution in [0.4, 0.5) is 0 Å². The quantitative estimate of drug-likeness (QED) is 0.888. The molecule has 0 aliphatic heterocycles. The van der Waals surface area contributed by atoms with Crippen molar-refractivity contribution in [1.82, 2.24) is 0 Å². The monoisotopic (exact) mass is 308 g/mol. The van der Waals surface area contributed by atoms with Crippen LogP contribution in [0.3, 0.4) is 0 Å². The molecule has 0 saturated heterocycles. The van der Waals surface area contributed by atoms with Crippen LogP contribution in [-0.2, 0) is 11.2 Å². The summed E-state index contributed by atoms with van der Waals surface area (Å²) in [6, 6.07) is 12.7. The zero-order valence-electron chi connectivity index (χ0n) is 10.9. The summed E-state index contributed by atoms with van der Waals surface area (Å²) >= 11 is 12.0. The lowest BCUT2D eigenvalue weighted by molar-refractivity contribution is -0.138. The molecule has 20 heavy (non-hydrogen) atoms. The summed E-state index contributed by atoms with van der Waals surface area (Å²) in [5, 5.41) is 10.5. The second-order valence-electron chi connectivity index (χ2n) is 4.74. The molecule has 0 heterocycles. The maximum Gasteiger partial charge on any atom is 0.311 e. The predicted octanol–water partition coefficient (Wildman–Crippen LogP) is 4.71. The Labute approximate surface area is 128 Å². The molecule has 0 saturated carbocycles. The summed E-state index contributed by atoms with van der Waals surface area (Å²) in [4.78, 5) is 11.5. The van der Waals surface area contributed by atoms with E-state index in [0.29, 0.717) is 16.5 Å². The van der Waals surface area contributed by atoms with Gasteiger partial charge in [0.1, 0.15) is 0 Å². The van der Waals surface area contributed by atoms with E-state index in [-0.39, 0.29) is 0 Å². The Balaban J connectivity index is 2.33. The Kier molecular flexibility index (Phi) is 4.69. The number of halogens is 2. The van der Waals surface area contributed by atoms with Crippen LogP contribution in [-0.4, -0.2) is 11.1 Å². The standard InChI is InChI=1S/C16H14Cl2O2/c1-10-3-2-4-11(7-10)14(16(19)20)8-12-5-6-13(17)9-15(12)18/h2-7,9,14H,8H2,1H3,(H,19,20). The highest BCUT2D eigenvalue weighted by Gasteiger charge is 2.21. The van der Waals surface area contributed by atoms with Gasteiger partial charge in [-0.3, -0.25) is 4.79 Å². The molecule has 0 fully saturated rings. The van der Waals surface area contributed by atoms with E-state index in [1.165, 1.54) is 0 Å². The summed E-state index contributed by atoms with van der Waals surface area (Å²) < 4.78 is 0. The normalized spacial score (nSPS) is 12.2. The van der Waals surface area contributed by atoms with Gasteiger partial charge in [0.2, 0.25) is 0 Å². The van der Waals surface area contributed by atoms with Gasteiger partial charge in [0, 0.05) is 10.0 Å². The molecule has 2 nitrogen and oxygen atoms in total. The number of hydrogen-bond donors (Lipinski definition) is 1. The van der Waals surface area contributed by atoms with E-state index < -0.39 is 11.9 Å². The van der Waals surface area contributed by atoms with Crippen LogP contribution in [0.5, 0.6) is 0 Å². The van der Waals surface area contributed by atoms with Gasteiger partial charge in [-0.1, -0.05) is 59.1 Å². The highest BCUT2D eigenvalue weighted by atomic mass is 35.5. The van der Waals surface area contributed by atoms with Gasteiger partial charge in [0.25, 0.3) is 0 Å². The number of carboxylic acids is 1. The predicted molar refractivity (Wildman–Crippen MR) is 81.7 cm³/mol. The van der Waals surface area contributed by atoms with Gasteiger partial charge in [0.05, 0.1) is 5.92 Å². The molecule has 0 bridgehead atoms. The molecular formula is C16H14Cl2O2. The minimum atomic E-state index is -0.860. The molecule has 1 atom stereocenters. The average Bonchev–Trinajstić information content (AvgIpc) is 2.37. The first-order valence-corrected chi connectivity index (χ1v) is 6.96. The third-order valence-corrected chi connectivity index (χ3v) is 3.77. The number of aliphatic carboxylic acids is 1. The number of carbonyl (C=O) groups is 1. The minimum absolute atomic E-state index is 0.342. The van der Waals surface area contributed by atoms with Crippen molar-refractivity contribution in [1.29, 1.82) is 0 Å². The molecule has 0 aromatic heterocycles. The van der Waals surface area contributed by atoms with Crippen molar-refractivity contribution in [2.24, 2.45) is 0 Å². The largest absolute Gasteiger partial charge is 0.481 e. The Morgan fingerprint density at radius 3 is 2.55 bits per heavy atom.